The van der Waals surface area contributed by atoms with E-state index in [4.69, 9.17) is 9.47 Å². The Balaban J connectivity index is 2.08. The van der Waals surface area contributed by atoms with Crippen LogP contribution in [0.4, 0.5) is 0 Å². The van der Waals surface area contributed by atoms with Gasteiger partial charge in [0.1, 0.15) is 18.5 Å². The molecule has 8 heteroatoms. The highest BCUT2D eigenvalue weighted by Gasteiger charge is 2.59. The number of rotatable bonds is 12. The third kappa shape index (κ3) is 7.26. The quantitative estimate of drug-likeness (QED) is 0.264. The molecule has 7 nitrogen and oxygen atoms in total. The third-order valence-electron chi connectivity index (χ3n) is 6.08. The summed E-state index contributed by atoms with van der Waals surface area (Å²) in [4.78, 5) is 11.5. The highest BCUT2D eigenvalue weighted by atomic mass is 32.2. The Morgan fingerprint density at radius 1 is 1.00 bits per heavy atom. The molecule has 0 amide bonds. The molecule has 1 aliphatic rings. The van der Waals surface area contributed by atoms with Crippen LogP contribution in [0.2, 0.25) is 0 Å². The van der Waals surface area contributed by atoms with E-state index in [9.17, 15) is 18.5 Å². The van der Waals surface area contributed by atoms with Gasteiger partial charge in [-0.2, -0.15) is 0 Å². The fraction of sp³-hybridized carbons (Fsp3) is 0.739. The van der Waals surface area contributed by atoms with E-state index in [1.54, 1.807) is 13.8 Å². The predicted molar refractivity (Wildman–Crippen MR) is 122 cm³/mol. The number of ether oxygens (including phenoxy) is 2. The highest BCUT2D eigenvalue weighted by Crippen LogP contribution is 2.33. The average molecular weight is 456 g/mol. The van der Waals surface area contributed by atoms with Crippen molar-refractivity contribution in [3.8, 4) is 0 Å². The summed E-state index contributed by atoms with van der Waals surface area (Å²) in [6.45, 7) is 4.92. The molecule has 0 aliphatic carbocycles. The van der Waals surface area contributed by atoms with E-state index < -0.39 is 31.3 Å². The number of sulfone groups is 1. The lowest BCUT2D eigenvalue weighted by atomic mass is 9.91. The summed E-state index contributed by atoms with van der Waals surface area (Å²) in [5, 5.41) is 10.8. The molecule has 0 radical (unpaired) electrons. The number of benzene rings is 1. The van der Waals surface area contributed by atoms with Gasteiger partial charge < -0.3 is 9.47 Å². The van der Waals surface area contributed by atoms with Crippen LogP contribution in [0.1, 0.15) is 70.4 Å². The van der Waals surface area contributed by atoms with E-state index in [2.05, 4.69) is 6.92 Å². The Labute approximate surface area is 186 Å². The molecule has 0 saturated carbocycles. The normalized spacial score (nSPS) is 19.1. The van der Waals surface area contributed by atoms with Gasteiger partial charge in [-0.25, -0.2) is 8.42 Å². The number of nitrogens with zero attached hydrogens (tertiary/aromatic N) is 1. The zero-order chi connectivity index (χ0) is 23.1. The van der Waals surface area contributed by atoms with Gasteiger partial charge in [0.25, 0.3) is 5.54 Å². The van der Waals surface area contributed by atoms with Crippen molar-refractivity contribution < 1.29 is 22.8 Å². The SMILES string of the molecule is CCCCCCCCc1ccc(CC(C2([N+](=O)[O-])COC(C)(C)OC2)S(C)(=O)=O)cc1. The fourth-order valence-corrected chi connectivity index (χ4v) is 5.51. The maximum absolute atomic E-state index is 12.6. The first-order chi connectivity index (χ1) is 14.5. The van der Waals surface area contributed by atoms with Gasteiger partial charge in [-0.15, -0.1) is 0 Å². The molecule has 2 rings (SSSR count). The van der Waals surface area contributed by atoms with Gasteiger partial charge >= 0.3 is 0 Å². The van der Waals surface area contributed by atoms with E-state index in [-0.39, 0.29) is 19.6 Å². The van der Waals surface area contributed by atoms with Gasteiger partial charge in [-0.05, 0) is 44.2 Å². The summed E-state index contributed by atoms with van der Waals surface area (Å²) in [5.41, 5.74) is 0.124. The number of hydrogen-bond donors (Lipinski definition) is 0. The van der Waals surface area contributed by atoms with Crippen LogP contribution >= 0.6 is 0 Å². The Kier molecular flexibility index (Phi) is 9.03. The van der Waals surface area contributed by atoms with Crippen molar-refractivity contribution in [2.24, 2.45) is 0 Å². The lowest BCUT2D eigenvalue weighted by Crippen LogP contribution is -2.64. The van der Waals surface area contributed by atoms with Crippen LogP contribution in [0, 0.1) is 10.1 Å². The smallest absolute Gasteiger partial charge is 0.284 e. The molecule has 31 heavy (non-hydrogen) atoms. The molecule has 176 valence electrons. The number of nitro groups is 1. The molecular formula is C23H37NO6S. The van der Waals surface area contributed by atoms with Gasteiger partial charge in [0.05, 0.1) is 0 Å². The van der Waals surface area contributed by atoms with Crippen molar-refractivity contribution in [3.05, 3.63) is 45.5 Å². The van der Waals surface area contributed by atoms with E-state index in [1.165, 1.54) is 37.7 Å². The molecule has 1 aliphatic heterocycles. The zero-order valence-corrected chi connectivity index (χ0v) is 20.1. The number of aryl methyl sites for hydroxylation is 1. The van der Waals surface area contributed by atoms with Crippen molar-refractivity contribution in [1.82, 2.24) is 0 Å². The molecule has 1 saturated heterocycles. The Bertz CT molecular complexity index is 809. The van der Waals surface area contributed by atoms with Gasteiger partial charge in [0, 0.05) is 11.2 Å². The number of unbranched alkanes of at least 4 members (excludes halogenated alkanes) is 5. The lowest BCUT2D eigenvalue weighted by molar-refractivity contribution is -0.595. The van der Waals surface area contributed by atoms with E-state index >= 15 is 0 Å². The first-order valence-corrected chi connectivity index (χ1v) is 13.1. The molecule has 0 bridgehead atoms. The van der Waals surface area contributed by atoms with E-state index in [0.717, 1.165) is 24.7 Å². The second-order valence-corrected chi connectivity index (χ2v) is 11.4. The van der Waals surface area contributed by atoms with Crippen LogP contribution in [-0.2, 0) is 32.2 Å². The topological polar surface area (TPSA) is 95.7 Å². The first kappa shape index (κ1) is 25.7. The van der Waals surface area contributed by atoms with Gasteiger partial charge in [-0.3, -0.25) is 10.1 Å². The van der Waals surface area contributed by atoms with Crippen molar-refractivity contribution >= 4 is 9.84 Å². The summed E-state index contributed by atoms with van der Waals surface area (Å²) < 4.78 is 36.3. The number of hydrogen-bond acceptors (Lipinski definition) is 6. The maximum atomic E-state index is 12.6. The van der Waals surface area contributed by atoms with Crippen LogP contribution in [0.15, 0.2) is 24.3 Å². The molecule has 1 unspecified atom stereocenters. The van der Waals surface area contributed by atoms with E-state index in [0.29, 0.717) is 0 Å². The molecular weight excluding hydrogens is 418 g/mol. The van der Waals surface area contributed by atoms with Crippen molar-refractivity contribution in [1.29, 1.82) is 0 Å². The third-order valence-corrected chi connectivity index (χ3v) is 7.72. The molecule has 1 heterocycles. The Morgan fingerprint density at radius 3 is 2.03 bits per heavy atom. The lowest BCUT2D eigenvalue weighted by Gasteiger charge is -2.40. The second kappa shape index (κ2) is 10.9. The molecule has 0 aromatic heterocycles. The van der Waals surface area contributed by atoms with Gasteiger partial charge in [0.15, 0.2) is 15.6 Å². The minimum atomic E-state index is -3.74. The predicted octanol–water partition coefficient (Wildman–Crippen LogP) is 4.34. The molecule has 1 aromatic carbocycles. The van der Waals surface area contributed by atoms with Crippen molar-refractivity contribution in [2.45, 2.75) is 88.7 Å². The van der Waals surface area contributed by atoms with Crippen LogP contribution < -0.4 is 0 Å². The molecule has 1 atom stereocenters. The van der Waals surface area contributed by atoms with Crippen LogP contribution in [0.3, 0.4) is 0 Å². The summed E-state index contributed by atoms with van der Waals surface area (Å²) >= 11 is 0. The standard InChI is InChI=1S/C23H37NO6S/c1-5-6-7-8-9-10-11-19-12-14-20(15-13-19)16-21(31(4,27)28)23(24(25)26)17-29-22(2,3)30-18-23/h12-15,21H,5-11,16-18H2,1-4H3. The second-order valence-electron chi connectivity index (χ2n) is 9.19. The summed E-state index contributed by atoms with van der Waals surface area (Å²) in [6.07, 6.45) is 9.48. The zero-order valence-electron chi connectivity index (χ0n) is 19.3. The van der Waals surface area contributed by atoms with Crippen LogP contribution in [-0.4, -0.2) is 49.4 Å². The van der Waals surface area contributed by atoms with E-state index in [1.807, 2.05) is 24.3 Å². The Hall–Kier alpha value is -1.51. The minimum Gasteiger partial charge on any atom is -0.343 e. The minimum absolute atomic E-state index is 0.0459. The first-order valence-electron chi connectivity index (χ1n) is 11.2. The van der Waals surface area contributed by atoms with Crippen molar-refractivity contribution in [3.63, 3.8) is 0 Å². The fourth-order valence-electron chi connectivity index (χ4n) is 4.00. The molecule has 1 aromatic rings. The largest absolute Gasteiger partial charge is 0.343 e. The van der Waals surface area contributed by atoms with Crippen molar-refractivity contribution in [2.75, 3.05) is 19.5 Å². The highest BCUT2D eigenvalue weighted by molar-refractivity contribution is 7.91. The molecule has 0 spiro atoms. The average Bonchev–Trinajstić information content (AvgIpc) is 2.69. The monoisotopic (exact) mass is 455 g/mol. The van der Waals surface area contributed by atoms with Crippen LogP contribution in [0.5, 0.6) is 0 Å². The summed E-state index contributed by atoms with van der Waals surface area (Å²) in [6, 6.07) is 7.76. The van der Waals surface area contributed by atoms with Gasteiger partial charge in [0.2, 0.25) is 0 Å². The summed E-state index contributed by atoms with van der Waals surface area (Å²) in [7, 11) is -3.74. The molecule has 1 fully saturated rings. The van der Waals surface area contributed by atoms with Crippen LogP contribution in [0.25, 0.3) is 0 Å². The molecule has 0 N–H and O–H groups in total. The maximum Gasteiger partial charge on any atom is 0.284 e. The Morgan fingerprint density at radius 2 is 1.52 bits per heavy atom. The summed E-state index contributed by atoms with van der Waals surface area (Å²) in [5.74, 6) is -0.972. The van der Waals surface area contributed by atoms with Gasteiger partial charge in [-0.1, -0.05) is 63.3 Å².